The molecule has 2 amide bonds. The van der Waals surface area contributed by atoms with E-state index in [-0.39, 0.29) is 36.3 Å². The predicted octanol–water partition coefficient (Wildman–Crippen LogP) is 7.83. The Kier molecular flexibility index (Phi) is 9.81. The van der Waals surface area contributed by atoms with Gasteiger partial charge in [-0.3, -0.25) is 0 Å². The molecule has 8 nitrogen and oxygen atoms in total. The Balaban J connectivity index is 0.939. The van der Waals surface area contributed by atoms with E-state index in [1.807, 2.05) is 42.5 Å². The van der Waals surface area contributed by atoms with Crippen molar-refractivity contribution in [3.8, 4) is 11.1 Å². The first-order valence-corrected chi connectivity index (χ1v) is 19.4. The number of ether oxygens (including phenoxy) is 2. The van der Waals surface area contributed by atoms with Gasteiger partial charge in [0, 0.05) is 41.5 Å². The minimum Gasteiger partial charge on any atom is -0.618 e. The highest BCUT2D eigenvalue weighted by Crippen LogP contribution is 2.55. The molecule has 266 valence electrons. The molecule has 4 saturated carbocycles. The number of aliphatic hydroxyl groups is 1. The van der Waals surface area contributed by atoms with E-state index in [1.165, 1.54) is 37.2 Å². The van der Waals surface area contributed by atoms with Crippen molar-refractivity contribution >= 4 is 17.8 Å². The number of hydrogen-bond acceptors (Lipinski definition) is 6. The number of nitrogens with zero attached hydrogens (tertiary/aromatic N) is 1. The maximum Gasteiger partial charge on any atom is 0.315 e. The van der Waals surface area contributed by atoms with Crippen LogP contribution >= 0.6 is 11.8 Å². The molecule has 0 radical (unpaired) electrons. The summed E-state index contributed by atoms with van der Waals surface area (Å²) < 4.78 is 14.1. The summed E-state index contributed by atoms with van der Waals surface area (Å²) >= 11 is 1.49. The van der Waals surface area contributed by atoms with Crippen molar-refractivity contribution in [3.05, 3.63) is 125 Å². The van der Waals surface area contributed by atoms with Gasteiger partial charge in [-0.1, -0.05) is 85.4 Å². The average Bonchev–Trinajstić information content (AvgIpc) is 3.14. The molecule has 0 unspecified atom stereocenters. The Labute approximate surface area is 304 Å². The zero-order valence-electron chi connectivity index (χ0n) is 29.1. The van der Waals surface area contributed by atoms with Crippen LogP contribution < -0.4 is 15.4 Å². The maximum absolute atomic E-state index is 13.1. The Morgan fingerprint density at radius 2 is 1.57 bits per heavy atom. The van der Waals surface area contributed by atoms with Crippen LogP contribution in [-0.2, 0) is 22.6 Å². The van der Waals surface area contributed by atoms with Crippen LogP contribution in [0.2, 0.25) is 0 Å². The van der Waals surface area contributed by atoms with Crippen LogP contribution in [0.25, 0.3) is 11.1 Å². The van der Waals surface area contributed by atoms with E-state index in [0.717, 1.165) is 75.1 Å². The molecule has 51 heavy (non-hydrogen) atoms. The van der Waals surface area contributed by atoms with Gasteiger partial charge in [0.25, 0.3) is 5.03 Å². The number of pyridine rings is 1. The summed E-state index contributed by atoms with van der Waals surface area (Å²) in [6, 6.07) is 29.9. The summed E-state index contributed by atoms with van der Waals surface area (Å²) in [6.07, 6.45) is 7.99. The zero-order chi connectivity index (χ0) is 35.0. The maximum atomic E-state index is 13.1. The lowest BCUT2D eigenvalue weighted by Crippen LogP contribution is -2.61. The monoisotopic (exact) mass is 705 g/mol. The van der Waals surface area contributed by atoms with Gasteiger partial charge in [0.2, 0.25) is 0 Å². The summed E-state index contributed by atoms with van der Waals surface area (Å²) in [5, 5.41) is 29.1. The lowest BCUT2D eigenvalue weighted by Gasteiger charge is -2.56. The molecule has 5 fully saturated rings. The number of aliphatic hydroxyl groups excluding tert-OH is 1. The van der Waals surface area contributed by atoms with E-state index in [2.05, 4.69) is 60.0 Å². The Bertz CT molecular complexity index is 1800. The molecule has 0 spiro atoms. The zero-order valence-corrected chi connectivity index (χ0v) is 29.9. The number of rotatable bonds is 10. The molecule has 1 aromatic heterocycles. The van der Waals surface area contributed by atoms with E-state index in [4.69, 9.17) is 9.47 Å². The minimum absolute atomic E-state index is 0.00293. The van der Waals surface area contributed by atoms with Crippen LogP contribution in [0.4, 0.5) is 4.79 Å². The number of urea groups is 1. The average molecular weight is 706 g/mol. The number of thioether (sulfide) groups is 1. The summed E-state index contributed by atoms with van der Waals surface area (Å²) in [6.45, 7) is 2.59. The fourth-order valence-corrected chi connectivity index (χ4v) is 10.5. The number of carbonyl (C=O) groups excluding carboxylic acids is 1. The van der Waals surface area contributed by atoms with Crippen molar-refractivity contribution in [1.29, 1.82) is 0 Å². The van der Waals surface area contributed by atoms with E-state index in [9.17, 15) is 15.1 Å². The van der Waals surface area contributed by atoms with Crippen LogP contribution in [0.3, 0.4) is 0 Å². The molecule has 4 bridgehead atoms. The third-order valence-corrected chi connectivity index (χ3v) is 12.7. The SMILES string of the molecule is C[C@H]1[C@@H](CSc2cccc[n+]2[O-])O[C@@H](c2ccc(-c3cccc(CNC(=O)NC45CC6CC(CC(C6)C4)C5)c3)cc2)O[C@H]1c1ccc(CO)cc1. The van der Waals surface area contributed by atoms with E-state index < -0.39 is 6.29 Å². The lowest BCUT2D eigenvalue weighted by molar-refractivity contribution is -0.645. The summed E-state index contributed by atoms with van der Waals surface area (Å²) in [5.74, 6) is 2.98. The molecule has 2 heterocycles. The fourth-order valence-electron chi connectivity index (χ4n) is 9.43. The normalized spacial score (nSPS) is 29.5. The van der Waals surface area contributed by atoms with Crippen molar-refractivity contribution in [2.24, 2.45) is 23.7 Å². The van der Waals surface area contributed by atoms with E-state index >= 15 is 0 Å². The highest BCUT2D eigenvalue weighted by atomic mass is 32.2. The highest BCUT2D eigenvalue weighted by Gasteiger charge is 2.51. The van der Waals surface area contributed by atoms with Crippen LogP contribution in [0.1, 0.15) is 80.1 Å². The minimum atomic E-state index is -0.596. The Morgan fingerprint density at radius 1 is 0.863 bits per heavy atom. The van der Waals surface area contributed by atoms with Gasteiger partial charge < -0.3 is 30.4 Å². The van der Waals surface area contributed by atoms with E-state index in [1.54, 1.807) is 6.07 Å². The number of hydrogen-bond donors (Lipinski definition) is 3. The molecule has 3 aromatic carbocycles. The second kappa shape index (κ2) is 14.6. The number of carbonyl (C=O) groups is 1. The second-order valence-electron chi connectivity index (χ2n) is 15.3. The van der Waals surface area contributed by atoms with Gasteiger partial charge in [-0.05, 0) is 96.2 Å². The molecule has 1 saturated heterocycles. The molecular formula is C42H47N3O5S. The highest BCUT2D eigenvalue weighted by molar-refractivity contribution is 7.99. The van der Waals surface area contributed by atoms with Crippen molar-refractivity contribution in [2.45, 2.75) is 87.7 Å². The first-order chi connectivity index (χ1) is 24.8. The summed E-state index contributed by atoms with van der Waals surface area (Å²) in [5.41, 5.74) is 5.98. The first kappa shape index (κ1) is 34.2. The molecule has 4 aromatic rings. The molecule has 9 rings (SSSR count). The number of amides is 2. The van der Waals surface area contributed by atoms with Gasteiger partial charge >= 0.3 is 6.03 Å². The second-order valence-corrected chi connectivity index (χ2v) is 16.4. The van der Waals surface area contributed by atoms with Gasteiger partial charge in [0.05, 0.1) is 18.8 Å². The number of benzene rings is 3. The van der Waals surface area contributed by atoms with Crippen molar-refractivity contribution < 1.29 is 24.1 Å². The van der Waals surface area contributed by atoms with Crippen LogP contribution in [0, 0.1) is 28.9 Å². The third-order valence-electron chi connectivity index (χ3n) is 11.6. The summed E-state index contributed by atoms with van der Waals surface area (Å²) in [7, 11) is 0. The Morgan fingerprint density at radius 3 is 2.25 bits per heavy atom. The molecule has 4 atom stereocenters. The number of nitrogens with one attached hydrogen (secondary N) is 2. The predicted molar refractivity (Wildman–Crippen MR) is 197 cm³/mol. The van der Waals surface area contributed by atoms with Crippen LogP contribution in [0.5, 0.6) is 0 Å². The van der Waals surface area contributed by atoms with Gasteiger partial charge in [0.1, 0.15) is 0 Å². The van der Waals surface area contributed by atoms with E-state index in [0.29, 0.717) is 17.3 Å². The molecule has 1 aliphatic heterocycles. The Hall–Kier alpha value is -3.89. The van der Waals surface area contributed by atoms with Gasteiger partial charge in [-0.25, -0.2) is 4.79 Å². The van der Waals surface area contributed by atoms with Crippen LogP contribution in [0.15, 0.2) is 102 Å². The van der Waals surface area contributed by atoms with Crippen molar-refractivity contribution in [3.63, 3.8) is 0 Å². The first-order valence-electron chi connectivity index (χ1n) is 18.4. The smallest absolute Gasteiger partial charge is 0.315 e. The van der Waals surface area contributed by atoms with Gasteiger partial charge in [0.15, 0.2) is 12.5 Å². The number of aromatic nitrogens is 1. The third kappa shape index (κ3) is 7.54. The molecule has 3 N–H and O–H groups in total. The van der Waals surface area contributed by atoms with Crippen LogP contribution in [-0.4, -0.2) is 28.5 Å². The fraction of sp³-hybridized carbons (Fsp3) is 0.429. The molecule has 4 aliphatic carbocycles. The largest absolute Gasteiger partial charge is 0.618 e. The van der Waals surface area contributed by atoms with Gasteiger partial charge in [-0.15, -0.1) is 0 Å². The van der Waals surface area contributed by atoms with Crippen molar-refractivity contribution in [2.75, 3.05) is 5.75 Å². The molecular weight excluding hydrogens is 659 g/mol. The topological polar surface area (TPSA) is 107 Å². The molecule has 9 heteroatoms. The lowest BCUT2D eigenvalue weighted by atomic mass is 9.53. The summed E-state index contributed by atoms with van der Waals surface area (Å²) in [4.78, 5) is 13.1. The quantitative estimate of drug-likeness (QED) is 0.0883. The standard InChI is InChI=1S/C42H47N3O5S/c1-27-37(26-51-38-7-2-3-16-45(38)48)49-40(50-39(27)34-10-8-28(25-46)9-11-34)35-14-12-33(13-15-35)36-6-4-5-29(20-36)24-43-41(47)44-42-21-30-17-31(22-42)19-32(18-30)23-42/h2-16,20,27,30-32,37,39-40,46H,17-19,21-26H2,1H3,(H2,43,44,47)/t27-,30?,31?,32?,37+,39+,40+,42?/m0/s1. The molecule has 5 aliphatic rings. The van der Waals surface area contributed by atoms with Crippen molar-refractivity contribution in [1.82, 2.24) is 10.6 Å². The van der Waals surface area contributed by atoms with Gasteiger partial charge in [-0.2, -0.15) is 4.73 Å².